The molecule has 0 unspecified atom stereocenters. The van der Waals surface area contributed by atoms with Crippen molar-refractivity contribution in [1.29, 1.82) is 0 Å². The van der Waals surface area contributed by atoms with Crippen molar-refractivity contribution in [3.63, 3.8) is 0 Å². The first-order chi connectivity index (χ1) is 15.0. The summed E-state index contributed by atoms with van der Waals surface area (Å²) in [6, 6.07) is 8.81. The number of likely N-dealkylation sites (N-methyl/N-ethyl adjacent to an activating group) is 1. The molecule has 0 saturated heterocycles. The second kappa shape index (κ2) is 7.99. The molecule has 4 heterocycles. The Morgan fingerprint density at radius 2 is 2.10 bits per heavy atom. The molecule has 2 N–H and O–H groups in total. The molecule has 0 radical (unpaired) electrons. The molecule has 2 aliphatic rings. The van der Waals surface area contributed by atoms with Gasteiger partial charge < -0.3 is 25.0 Å². The van der Waals surface area contributed by atoms with Gasteiger partial charge in [-0.3, -0.25) is 4.79 Å². The smallest absolute Gasteiger partial charge is 0.353 e. The highest BCUT2D eigenvalue weighted by atomic mass is 32.1. The van der Waals surface area contributed by atoms with Gasteiger partial charge in [0.05, 0.1) is 12.7 Å². The Labute approximate surface area is 187 Å². The van der Waals surface area contributed by atoms with Crippen molar-refractivity contribution in [3.8, 4) is 11.5 Å². The molecule has 7 nitrogen and oxygen atoms in total. The zero-order chi connectivity index (χ0) is 21.5. The van der Waals surface area contributed by atoms with Crippen molar-refractivity contribution in [2.24, 2.45) is 0 Å². The third kappa shape index (κ3) is 3.69. The van der Waals surface area contributed by atoms with Crippen molar-refractivity contribution in [2.75, 3.05) is 26.0 Å². The van der Waals surface area contributed by atoms with E-state index in [1.165, 1.54) is 23.3 Å². The van der Waals surface area contributed by atoms with Gasteiger partial charge in [0.2, 0.25) is 0 Å². The zero-order valence-electron chi connectivity index (χ0n) is 17.1. The molecule has 31 heavy (non-hydrogen) atoms. The highest BCUT2D eigenvalue weighted by Crippen LogP contribution is 2.41. The maximum absolute atomic E-state index is 12.9. The van der Waals surface area contributed by atoms with Gasteiger partial charge in [-0.2, -0.15) is 0 Å². The Kier molecular flexibility index (Phi) is 5.17. The minimum Gasteiger partial charge on any atom is -0.493 e. The Balaban J connectivity index is 1.40. The number of carbonyl (C=O) groups is 2. The second-order valence-electron chi connectivity index (χ2n) is 7.52. The summed E-state index contributed by atoms with van der Waals surface area (Å²) >= 11 is 2.97. The van der Waals surface area contributed by atoms with Crippen LogP contribution in [0.15, 0.2) is 35.7 Å². The summed E-state index contributed by atoms with van der Waals surface area (Å²) in [6.07, 6.45) is 0.490. The van der Waals surface area contributed by atoms with E-state index in [1.54, 1.807) is 35.6 Å². The maximum atomic E-state index is 12.9. The van der Waals surface area contributed by atoms with E-state index >= 15 is 0 Å². The molecule has 3 aromatic rings. The van der Waals surface area contributed by atoms with Gasteiger partial charge >= 0.3 is 5.97 Å². The number of nitrogens with one attached hydrogen (secondary N) is 2. The van der Waals surface area contributed by atoms with Crippen LogP contribution in [-0.4, -0.2) is 37.5 Å². The third-order valence-corrected chi connectivity index (χ3v) is 7.47. The molecule has 160 valence electrons. The van der Waals surface area contributed by atoms with Gasteiger partial charge in [0, 0.05) is 18.0 Å². The van der Waals surface area contributed by atoms with E-state index in [0.29, 0.717) is 16.4 Å². The number of benzene rings is 1. The van der Waals surface area contributed by atoms with Gasteiger partial charge in [-0.05, 0) is 48.2 Å². The van der Waals surface area contributed by atoms with Crippen molar-refractivity contribution < 1.29 is 19.1 Å². The van der Waals surface area contributed by atoms with Gasteiger partial charge in [-0.25, -0.2) is 4.79 Å². The molecule has 0 saturated carbocycles. The number of rotatable bonds is 4. The van der Waals surface area contributed by atoms with Gasteiger partial charge in [0.15, 0.2) is 11.5 Å². The molecule has 0 spiro atoms. The Hall–Kier alpha value is -2.88. The highest BCUT2D eigenvalue weighted by Gasteiger charge is 2.33. The molecule has 2 aliphatic heterocycles. The standard InChI is InChI=1S/C22H21N3O4S2/c1-25-8-7-13-17(11-25)31-21-18(13)20(26)23-19(24-21)12-5-6-14(15(10-12)28-2)29-22(27)16-4-3-9-30-16/h3-6,9-10,19,24H,7-8,11H2,1-2H3,(H,23,26)/t19-/m0/s1. The molecular formula is C22H21N3O4S2. The van der Waals surface area contributed by atoms with E-state index in [9.17, 15) is 9.59 Å². The fourth-order valence-corrected chi connectivity index (χ4v) is 5.86. The van der Waals surface area contributed by atoms with Gasteiger partial charge in [0.25, 0.3) is 5.91 Å². The molecule has 9 heteroatoms. The number of hydrogen-bond donors (Lipinski definition) is 2. The summed E-state index contributed by atoms with van der Waals surface area (Å²) in [4.78, 5) is 29.2. The Morgan fingerprint density at radius 3 is 2.87 bits per heavy atom. The first-order valence-electron chi connectivity index (χ1n) is 9.87. The molecular weight excluding hydrogens is 434 g/mol. The fourth-order valence-electron chi connectivity index (χ4n) is 3.90. The summed E-state index contributed by atoms with van der Waals surface area (Å²) in [5, 5.41) is 9.23. The van der Waals surface area contributed by atoms with Crippen molar-refractivity contribution in [1.82, 2.24) is 10.2 Å². The topological polar surface area (TPSA) is 79.9 Å². The van der Waals surface area contributed by atoms with Crippen LogP contribution in [0.5, 0.6) is 11.5 Å². The van der Waals surface area contributed by atoms with Crippen LogP contribution in [-0.2, 0) is 13.0 Å². The van der Waals surface area contributed by atoms with Crippen molar-refractivity contribution >= 4 is 39.6 Å². The zero-order valence-corrected chi connectivity index (χ0v) is 18.7. The lowest BCUT2D eigenvalue weighted by Crippen LogP contribution is -2.38. The Bertz CT molecular complexity index is 1160. The normalized spacial score (nSPS) is 17.9. The van der Waals surface area contributed by atoms with Crippen LogP contribution in [0, 0.1) is 0 Å². The largest absolute Gasteiger partial charge is 0.493 e. The molecule has 1 aromatic carbocycles. The van der Waals surface area contributed by atoms with Crippen LogP contribution in [0.3, 0.4) is 0 Å². The molecule has 1 amide bonds. The second-order valence-corrected chi connectivity index (χ2v) is 9.58. The molecule has 0 aliphatic carbocycles. The van der Waals surface area contributed by atoms with Crippen LogP contribution >= 0.6 is 22.7 Å². The first-order valence-corrected chi connectivity index (χ1v) is 11.6. The SMILES string of the molecule is COc1cc([C@H]2NC(=O)c3c(sc4c3CCN(C)C4)N2)ccc1OC(=O)c1cccs1. The van der Waals surface area contributed by atoms with Crippen LogP contribution in [0.25, 0.3) is 0 Å². The number of amides is 1. The van der Waals surface area contributed by atoms with Crippen LogP contribution in [0.1, 0.15) is 42.2 Å². The van der Waals surface area contributed by atoms with Gasteiger partial charge in [0.1, 0.15) is 16.0 Å². The summed E-state index contributed by atoms with van der Waals surface area (Å²) in [5.41, 5.74) is 2.75. The van der Waals surface area contributed by atoms with Crippen molar-refractivity contribution in [2.45, 2.75) is 19.1 Å². The van der Waals surface area contributed by atoms with E-state index in [0.717, 1.165) is 41.2 Å². The number of methoxy groups -OCH3 is 1. The summed E-state index contributed by atoms with van der Waals surface area (Å²) in [6.45, 7) is 1.82. The van der Waals surface area contributed by atoms with E-state index in [1.807, 2.05) is 11.4 Å². The molecule has 1 atom stereocenters. The monoisotopic (exact) mass is 455 g/mol. The van der Waals surface area contributed by atoms with E-state index in [4.69, 9.17) is 9.47 Å². The number of hydrogen-bond acceptors (Lipinski definition) is 8. The lowest BCUT2D eigenvalue weighted by molar-refractivity contribution is 0.0734. The van der Waals surface area contributed by atoms with Crippen LogP contribution in [0.2, 0.25) is 0 Å². The summed E-state index contributed by atoms with van der Waals surface area (Å²) < 4.78 is 11.0. The van der Waals surface area contributed by atoms with Crippen LogP contribution in [0.4, 0.5) is 5.00 Å². The molecule has 0 fully saturated rings. The minimum atomic E-state index is -0.427. The average Bonchev–Trinajstić information content (AvgIpc) is 3.41. The first kappa shape index (κ1) is 20.0. The Morgan fingerprint density at radius 1 is 1.23 bits per heavy atom. The van der Waals surface area contributed by atoms with E-state index in [2.05, 4.69) is 22.6 Å². The summed E-state index contributed by atoms with van der Waals surface area (Å²) in [5.74, 6) is 0.273. The van der Waals surface area contributed by atoms with Crippen LogP contribution < -0.4 is 20.1 Å². The molecule has 0 bridgehead atoms. The summed E-state index contributed by atoms with van der Waals surface area (Å²) in [7, 11) is 3.62. The number of carbonyl (C=O) groups excluding carboxylic acids is 2. The maximum Gasteiger partial charge on any atom is 0.353 e. The quantitative estimate of drug-likeness (QED) is 0.459. The molecule has 2 aromatic heterocycles. The lowest BCUT2D eigenvalue weighted by Gasteiger charge is -2.27. The predicted octanol–water partition coefficient (Wildman–Crippen LogP) is 3.88. The fraction of sp³-hybridized carbons (Fsp3) is 0.273. The number of ether oxygens (including phenoxy) is 2. The predicted molar refractivity (Wildman–Crippen MR) is 120 cm³/mol. The number of nitrogens with zero attached hydrogens (tertiary/aromatic N) is 1. The number of fused-ring (bicyclic) bond motifs is 3. The molecule has 5 rings (SSSR count). The van der Waals surface area contributed by atoms with E-state index < -0.39 is 12.1 Å². The number of thiophene rings is 2. The van der Waals surface area contributed by atoms with Gasteiger partial charge in [-0.15, -0.1) is 22.7 Å². The number of anilines is 1. The highest BCUT2D eigenvalue weighted by molar-refractivity contribution is 7.16. The van der Waals surface area contributed by atoms with Crippen molar-refractivity contribution in [3.05, 3.63) is 62.2 Å². The third-order valence-electron chi connectivity index (χ3n) is 5.47. The van der Waals surface area contributed by atoms with Gasteiger partial charge in [-0.1, -0.05) is 12.1 Å². The van der Waals surface area contributed by atoms with E-state index in [-0.39, 0.29) is 5.91 Å². The average molecular weight is 456 g/mol. The number of esters is 1. The lowest BCUT2D eigenvalue weighted by atomic mass is 10.0. The minimum absolute atomic E-state index is 0.0621.